The van der Waals surface area contributed by atoms with Gasteiger partial charge in [-0.05, 0) is 48.1 Å². The number of fused-ring (bicyclic) bond motifs is 1. The highest BCUT2D eigenvalue weighted by molar-refractivity contribution is 5.98. The minimum Gasteiger partial charge on any atom is -0.365 e. The SMILES string of the molecule is NC(=O)c1cc(F)c(NC2CCCC[C@@H]2N)nc1Nc1cncc(-c2ccc3ccncc3c2)c1. The third-order valence-corrected chi connectivity index (χ3v) is 6.36. The quantitative estimate of drug-likeness (QED) is 0.329. The average molecular weight is 472 g/mol. The van der Waals surface area contributed by atoms with Gasteiger partial charge in [-0.2, -0.15) is 0 Å². The Morgan fingerprint density at radius 2 is 1.80 bits per heavy atom. The molecule has 1 fully saturated rings. The van der Waals surface area contributed by atoms with Crippen LogP contribution in [-0.4, -0.2) is 32.9 Å². The topological polar surface area (TPSA) is 132 Å². The van der Waals surface area contributed by atoms with Crippen LogP contribution < -0.4 is 22.1 Å². The number of aromatic nitrogens is 3. The Hall–Kier alpha value is -4.11. The number of halogens is 1. The van der Waals surface area contributed by atoms with Gasteiger partial charge in [0.05, 0.1) is 17.4 Å². The van der Waals surface area contributed by atoms with Crippen molar-refractivity contribution in [2.45, 2.75) is 37.8 Å². The maximum Gasteiger partial charge on any atom is 0.252 e. The summed E-state index contributed by atoms with van der Waals surface area (Å²) in [5, 5.41) is 8.31. The van der Waals surface area contributed by atoms with Crippen LogP contribution in [0.25, 0.3) is 21.9 Å². The zero-order valence-corrected chi connectivity index (χ0v) is 19.0. The predicted octanol–water partition coefficient (Wildman–Crippen LogP) is 4.36. The van der Waals surface area contributed by atoms with E-state index in [2.05, 4.69) is 25.6 Å². The number of benzene rings is 1. The second-order valence-electron chi connectivity index (χ2n) is 8.80. The standard InChI is InChI=1S/C26H26FN7O/c27-21-11-20(24(29)35)25(34-26(21)33-23-4-2-1-3-22(23)28)32-19-10-18(13-31-14-19)16-6-5-15-7-8-30-12-17(15)9-16/h5-14,22-23H,1-4,28H2,(H2,29,35)(H2,32,33,34)/t22-,23?/m0/s1. The number of rotatable bonds is 6. The molecule has 0 spiro atoms. The van der Waals surface area contributed by atoms with Crippen LogP contribution in [0.2, 0.25) is 0 Å². The first-order chi connectivity index (χ1) is 17.0. The molecule has 3 heterocycles. The van der Waals surface area contributed by atoms with Gasteiger partial charge in [-0.15, -0.1) is 0 Å². The lowest BCUT2D eigenvalue weighted by atomic mass is 9.91. The number of pyridine rings is 3. The van der Waals surface area contributed by atoms with Gasteiger partial charge in [-0.25, -0.2) is 9.37 Å². The number of primary amides is 1. The monoisotopic (exact) mass is 471 g/mol. The molecule has 1 unspecified atom stereocenters. The van der Waals surface area contributed by atoms with Crippen molar-refractivity contribution in [2.24, 2.45) is 11.5 Å². The van der Waals surface area contributed by atoms with Crippen LogP contribution in [0.3, 0.4) is 0 Å². The van der Waals surface area contributed by atoms with E-state index in [0.29, 0.717) is 5.69 Å². The van der Waals surface area contributed by atoms with Crippen molar-refractivity contribution in [1.82, 2.24) is 15.0 Å². The van der Waals surface area contributed by atoms with Crippen molar-refractivity contribution in [3.05, 3.63) is 72.6 Å². The van der Waals surface area contributed by atoms with Crippen molar-refractivity contribution < 1.29 is 9.18 Å². The maximum atomic E-state index is 14.8. The van der Waals surface area contributed by atoms with E-state index < -0.39 is 11.7 Å². The van der Waals surface area contributed by atoms with Crippen LogP contribution in [0.4, 0.5) is 21.7 Å². The first-order valence-electron chi connectivity index (χ1n) is 11.6. The Morgan fingerprint density at radius 3 is 2.63 bits per heavy atom. The summed E-state index contributed by atoms with van der Waals surface area (Å²) in [7, 11) is 0. The molecular formula is C26H26FN7O. The number of nitrogens with two attached hydrogens (primary N) is 2. The second kappa shape index (κ2) is 9.63. The molecule has 0 saturated heterocycles. The lowest BCUT2D eigenvalue weighted by molar-refractivity contribution is 0.100. The van der Waals surface area contributed by atoms with Gasteiger partial charge in [0.2, 0.25) is 0 Å². The number of nitrogens with zero attached hydrogens (tertiary/aromatic N) is 3. The highest BCUT2D eigenvalue weighted by Gasteiger charge is 2.24. The first kappa shape index (κ1) is 22.7. The fourth-order valence-corrected chi connectivity index (χ4v) is 4.46. The molecular weight excluding hydrogens is 445 g/mol. The van der Waals surface area contributed by atoms with E-state index in [1.165, 1.54) is 0 Å². The molecule has 3 aromatic heterocycles. The molecule has 9 heteroatoms. The normalized spacial score (nSPS) is 17.8. The van der Waals surface area contributed by atoms with Crippen molar-refractivity contribution >= 4 is 34.0 Å². The number of amides is 1. The summed E-state index contributed by atoms with van der Waals surface area (Å²) >= 11 is 0. The zero-order chi connectivity index (χ0) is 24.4. The summed E-state index contributed by atoms with van der Waals surface area (Å²) in [6, 6.07) is 10.8. The van der Waals surface area contributed by atoms with Gasteiger partial charge in [0.15, 0.2) is 11.6 Å². The van der Waals surface area contributed by atoms with E-state index in [-0.39, 0.29) is 29.3 Å². The Morgan fingerprint density at radius 1 is 0.943 bits per heavy atom. The van der Waals surface area contributed by atoms with Crippen LogP contribution >= 0.6 is 0 Å². The Bertz CT molecular complexity index is 1390. The number of carbonyl (C=O) groups excluding carboxylic acids is 1. The fraction of sp³-hybridized carbons (Fsp3) is 0.231. The number of hydrogen-bond acceptors (Lipinski definition) is 7. The second-order valence-corrected chi connectivity index (χ2v) is 8.80. The lowest BCUT2D eigenvalue weighted by Crippen LogP contribution is -2.43. The maximum absolute atomic E-state index is 14.8. The van der Waals surface area contributed by atoms with E-state index in [0.717, 1.165) is 53.6 Å². The highest BCUT2D eigenvalue weighted by atomic mass is 19.1. The van der Waals surface area contributed by atoms with Gasteiger partial charge >= 0.3 is 0 Å². The predicted molar refractivity (Wildman–Crippen MR) is 135 cm³/mol. The van der Waals surface area contributed by atoms with E-state index in [1.54, 1.807) is 18.6 Å². The minimum absolute atomic E-state index is 0.0333. The zero-order valence-electron chi connectivity index (χ0n) is 19.0. The molecule has 8 nitrogen and oxygen atoms in total. The Kier molecular flexibility index (Phi) is 6.24. The third-order valence-electron chi connectivity index (χ3n) is 6.36. The number of hydrogen-bond donors (Lipinski definition) is 4. The molecule has 1 aliphatic rings. The molecule has 1 amide bonds. The van der Waals surface area contributed by atoms with Crippen LogP contribution in [0.5, 0.6) is 0 Å². The van der Waals surface area contributed by atoms with E-state index in [9.17, 15) is 9.18 Å². The molecule has 35 heavy (non-hydrogen) atoms. The van der Waals surface area contributed by atoms with Gasteiger partial charge in [0, 0.05) is 41.6 Å². The van der Waals surface area contributed by atoms with Gasteiger partial charge in [-0.1, -0.05) is 25.0 Å². The largest absolute Gasteiger partial charge is 0.365 e. The Balaban J connectivity index is 1.46. The summed E-state index contributed by atoms with van der Waals surface area (Å²) in [4.78, 5) is 24.9. The van der Waals surface area contributed by atoms with Crippen molar-refractivity contribution in [3.63, 3.8) is 0 Å². The smallest absolute Gasteiger partial charge is 0.252 e. The minimum atomic E-state index is -0.786. The summed E-state index contributed by atoms with van der Waals surface area (Å²) in [5.74, 6) is -1.26. The fourth-order valence-electron chi connectivity index (χ4n) is 4.46. The number of nitrogens with one attached hydrogen (secondary N) is 2. The molecule has 0 radical (unpaired) electrons. The average Bonchev–Trinajstić information content (AvgIpc) is 2.87. The van der Waals surface area contributed by atoms with Crippen LogP contribution in [0.15, 0.2) is 61.2 Å². The lowest BCUT2D eigenvalue weighted by Gasteiger charge is -2.30. The van der Waals surface area contributed by atoms with Crippen LogP contribution in [-0.2, 0) is 0 Å². The molecule has 2 atom stereocenters. The van der Waals surface area contributed by atoms with Crippen LogP contribution in [0.1, 0.15) is 36.0 Å². The molecule has 0 bridgehead atoms. The van der Waals surface area contributed by atoms with Gasteiger partial charge in [-0.3, -0.25) is 14.8 Å². The summed E-state index contributed by atoms with van der Waals surface area (Å²) in [6.07, 6.45) is 10.7. The molecule has 6 N–H and O–H groups in total. The summed E-state index contributed by atoms with van der Waals surface area (Å²) in [5.41, 5.74) is 14.1. The molecule has 0 aliphatic heterocycles. The molecule has 1 aromatic carbocycles. The van der Waals surface area contributed by atoms with Gasteiger partial charge in [0.1, 0.15) is 5.82 Å². The molecule has 1 saturated carbocycles. The summed E-state index contributed by atoms with van der Waals surface area (Å²) < 4.78 is 14.8. The number of anilines is 3. The van der Waals surface area contributed by atoms with Crippen molar-refractivity contribution in [3.8, 4) is 11.1 Å². The van der Waals surface area contributed by atoms with Crippen molar-refractivity contribution in [2.75, 3.05) is 10.6 Å². The van der Waals surface area contributed by atoms with Crippen molar-refractivity contribution in [1.29, 1.82) is 0 Å². The highest BCUT2D eigenvalue weighted by Crippen LogP contribution is 2.29. The number of carbonyl (C=O) groups is 1. The van der Waals surface area contributed by atoms with E-state index in [1.807, 2.05) is 36.5 Å². The van der Waals surface area contributed by atoms with E-state index >= 15 is 0 Å². The molecule has 178 valence electrons. The summed E-state index contributed by atoms with van der Waals surface area (Å²) in [6.45, 7) is 0. The Labute approximate surface area is 202 Å². The first-order valence-corrected chi connectivity index (χ1v) is 11.6. The third kappa shape index (κ3) is 4.90. The molecule has 5 rings (SSSR count). The molecule has 1 aliphatic carbocycles. The molecule has 4 aromatic rings. The van der Waals surface area contributed by atoms with Crippen LogP contribution in [0, 0.1) is 5.82 Å². The van der Waals surface area contributed by atoms with Gasteiger partial charge < -0.3 is 22.1 Å². The van der Waals surface area contributed by atoms with Gasteiger partial charge in [0.25, 0.3) is 5.91 Å². The van der Waals surface area contributed by atoms with E-state index in [4.69, 9.17) is 11.5 Å².